The van der Waals surface area contributed by atoms with Crippen LogP contribution >= 0.6 is 0 Å². The highest BCUT2D eigenvalue weighted by Gasteiger charge is 2.30. The molecule has 0 saturated carbocycles. The summed E-state index contributed by atoms with van der Waals surface area (Å²) in [7, 11) is 0. The quantitative estimate of drug-likeness (QED) is 0.658. The highest BCUT2D eigenvalue weighted by atomic mass is 16.3. The molecule has 1 atom stereocenters. The van der Waals surface area contributed by atoms with Gasteiger partial charge >= 0.3 is 0 Å². The van der Waals surface area contributed by atoms with Gasteiger partial charge in [0.1, 0.15) is 0 Å². The minimum absolute atomic E-state index is 0.112. The van der Waals surface area contributed by atoms with Crippen LogP contribution in [0.15, 0.2) is 23.4 Å². The summed E-state index contributed by atoms with van der Waals surface area (Å²) in [5.41, 5.74) is 7.48. The molecule has 3 heteroatoms. The van der Waals surface area contributed by atoms with Crippen molar-refractivity contribution in [2.24, 2.45) is 5.73 Å². The molecular weight excluding hydrogens is 188 g/mol. The van der Waals surface area contributed by atoms with Gasteiger partial charge in [-0.05, 0) is 45.8 Å². The molecule has 15 heavy (non-hydrogen) atoms. The van der Waals surface area contributed by atoms with Gasteiger partial charge in [-0.25, -0.2) is 0 Å². The fourth-order valence-corrected chi connectivity index (χ4v) is 2.03. The Morgan fingerprint density at radius 3 is 2.67 bits per heavy atom. The second-order valence-electron chi connectivity index (χ2n) is 5.33. The van der Waals surface area contributed by atoms with Gasteiger partial charge in [0.2, 0.25) is 0 Å². The number of hydrogen-bond donors (Lipinski definition) is 3. The summed E-state index contributed by atoms with van der Waals surface area (Å²) in [5.74, 6) is 0. The molecule has 86 valence electrons. The van der Waals surface area contributed by atoms with Gasteiger partial charge in [-0.2, -0.15) is 0 Å². The third-order valence-corrected chi connectivity index (χ3v) is 2.78. The summed E-state index contributed by atoms with van der Waals surface area (Å²) in [6, 6.07) is 0. The van der Waals surface area contributed by atoms with Gasteiger partial charge in [-0.3, -0.25) is 0 Å². The van der Waals surface area contributed by atoms with Crippen LogP contribution in [-0.4, -0.2) is 22.8 Å². The molecule has 4 N–H and O–H groups in total. The number of nitrogens with one attached hydrogen (secondary N) is 1. The van der Waals surface area contributed by atoms with Crippen molar-refractivity contribution in [3.8, 4) is 0 Å². The molecule has 0 amide bonds. The molecule has 3 nitrogen and oxygen atoms in total. The normalized spacial score (nSPS) is 27.3. The third kappa shape index (κ3) is 3.08. The Morgan fingerprint density at radius 2 is 2.20 bits per heavy atom. The topological polar surface area (TPSA) is 58.3 Å². The van der Waals surface area contributed by atoms with Gasteiger partial charge in [-0.15, -0.1) is 0 Å². The molecule has 0 bridgehead atoms. The molecule has 0 aliphatic heterocycles. The van der Waals surface area contributed by atoms with Crippen LogP contribution in [0.3, 0.4) is 0 Å². The molecule has 0 fully saturated rings. The number of aliphatic hydroxyl groups excluding tert-OH is 1. The van der Waals surface area contributed by atoms with Gasteiger partial charge in [-0.1, -0.05) is 6.08 Å². The summed E-state index contributed by atoms with van der Waals surface area (Å²) in [5, 5.41) is 12.7. The van der Waals surface area contributed by atoms with Gasteiger partial charge < -0.3 is 16.2 Å². The van der Waals surface area contributed by atoms with Crippen molar-refractivity contribution in [3.05, 3.63) is 23.4 Å². The molecule has 1 aliphatic rings. The fraction of sp³-hybridized carbons (Fsp3) is 0.667. The maximum absolute atomic E-state index is 9.23. The largest absolute Gasteiger partial charge is 0.399 e. The Hall–Kier alpha value is -0.800. The maximum atomic E-state index is 9.23. The van der Waals surface area contributed by atoms with E-state index in [4.69, 9.17) is 5.73 Å². The zero-order valence-corrected chi connectivity index (χ0v) is 10.1. The standard InChI is InChI=1S/C12H22N2O/c1-9-7-12(4,6-5-10(9)13)14-11(2,3)8-15/h5-6,14-15H,7-8,13H2,1-4H3. The van der Waals surface area contributed by atoms with Gasteiger partial charge in [0.15, 0.2) is 0 Å². The van der Waals surface area contributed by atoms with E-state index in [0.29, 0.717) is 0 Å². The molecule has 1 aliphatic carbocycles. The van der Waals surface area contributed by atoms with Crippen molar-refractivity contribution >= 4 is 0 Å². The minimum atomic E-state index is -0.272. The smallest absolute Gasteiger partial charge is 0.0608 e. The molecule has 1 unspecified atom stereocenters. The molecule has 0 spiro atoms. The molecule has 0 aromatic heterocycles. The lowest BCUT2D eigenvalue weighted by atomic mass is 9.85. The van der Waals surface area contributed by atoms with Crippen molar-refractivity contribution in [1.82, 2.24) is 5.32 Å². The van der Waals surface area contributed by atoms with Crippen LogP contribution < -0.4 is 11.1 Å². The Bertz CT molecular complexity index is 305. The average Bonchev–Trinajstić information content (AvgIpc) is 2.11. The predicted octanol–water partition coefficient (Wildman–Crippen LogP) is 1.30. The summed E-state index contributed by atoms with van der Waals surface area (Å²) < 4.78 is 0. The van der Waals surface area contributed by atoms with E-state index < -0.39 is 0 Å². The zero-order chi connectivity index (χ0) is 11.7. The fourth-order valence-electron chi connectivity index (χ4n) is 2.03. The van der Waals surface area contributed by atoms with Crippen molar-refractivity contribution in [3.63, 3.8) is 0 Å². The number of rotatable bonds is 3. The van der Waals surface area contributed by atoms with Crippen LogP contribution in [0.25, 0.3) is 0 Å². The highest BCUT2D eigenvalue weighted by molar-refractivity contribution is 5.32. The van der Waals surface area contributed by atoms with E-state index in [1.165, 1.54) is 5.57 Å². The Morgan fingerprint density at radius 1 is 1.60 bits per heavy atom. The van der Waals surface area contributed by atoms with Crippen molar-refractivity contribution in [2.75, 3.05) is 6.61 Å². The number of aliphatic hydroxyl groups is 1. The molecule has 0 heterocycles. The lowest BCUT2D eigenvalue weighted by Crippen LogP contribution is -2.55. The lowest BCUT2D eigenvalue weighted by Gasteiger charge is -2.38. The second-order valence-corrected chi connectivity index (χ2v) is 5.33. The van der Waals surface area contributed by atoms with E-state index in [2.05, 4.69) is 18.3 Å². The van der Waals surface area contributed by atoms with Crippen LogP contribution in [0.2, 0.25) is 0 Å². The Labute approximate surface area is 92.1 Å². The molecule has 1 rings (SSSR count). The van der Waals surface area contributed by atoms with Crippen molar-refractivity contribution in [2.45, 2.75) is 45.2 Å². The third-order valence-electron chi connectivity index (χ3n) is 2.78. The van der Waals surface area contributed by atoms with Crippen LogP contribution in [0, 0.1) is 0 Å². The van der Waals surface area contributed by atoms with Crippen LogP contribution in [0.1, 0.15) is 34.1 Å². The first kappa shape index (κ1) is 12.3. The Kier molecular flexibility index (Phi) is 3.26. The van der Waals surface area contributed by atoms with E-state index in [1.807, 2.05) is 26.8 Å². The van der Waals surface area contributed by atoms with Gasteiger partial charge in [0.25, 0.3) is 0 Å². The first-order valence-electron chi connectivity index (χ1n) is 5.33. The van der Waals surface area contributed by atoms with Gasteiger partial charge in [0, 0.05) is 16.8 Å². The van der Waals surface area contributed by atoms with E-state index in [1.54, 1.807) is 0 Å². The van der Waals surface area contributed by atoms with Gasteiger partial charge in [0.05, 0.1) is 6.61 Å². The summed E-state index contributed by atoms with van der Waals surface area (Å²) in [6.45, 7) is 8.27. The summed E-state index contributed by atoms with van der Waals surface area (Å²) in [4.78, 5) is 0. The molecule has 0 radical (unpaired) electrons. The number of hydrogen-bond acceptors (Lipinski definition) is 3. The van der Waals surface area contributed by atoms with E-state index in [0.717, 1.165) is 12.1 Å². The molecular formula is C12H22N2O. The Balaban J connectivity index is 2.77. The van der Waals surface area contributed by atoms with Crippen LogP contribution in [0.4, 0.5) is 0 Å². The SMILES string of the molecule is CC1=C(N)C=CC(C)(NC(C)(C)CO)C1. The van der Waals surface area contributed by atoms with E-state index in [-0.39, 0.29) is 17.7 Å². The van der Waals surface area contributed by atoms with E-state index in [9.17, 15) is 5.11 Å². The molecule has 0 aromatic rings. The zero-order valence-electron chi connectivity index (χ0n) is 10.1. The summed E-state index contributed by atoms with van der Waals surface area (Å²) in [6.07, 6.45) is 4.91. The molecule has 0 aromatic carbocycles. The predicted molar refractivity (Wildman–Crippen MR) is 63.3 cm³/mol. The average molecular weight is 210 g/mol. The number of allylic oxidation sites excluding steroid dienone is 1. The molecule has 0 saturated heterocycles. The monoisotopic (exact) mass is 210 g/mol. The second kappa shape index (κ2) is 3.99. The first-order valence-corrected chi connectivity index (χ1v) is 5.33. The minimum Gasteiger partial charge on any atom is -0.399 e. The first-order chi connectivity index (χ1) is 6.78. The van der Waals surface area contributed by atoms with Crippen LogP contribution in [0.5, 0.6) is 0 Å². The van der Waals surface area contributed by atoms with Crippen LogP contribution in [-0.2, 0) is 0 Å². The summed E-state index contributed by atoms with van der Waals surface area (Å²) >= 11 is 0. The van der Waals surface area contributed by atoms with E-state index >= 15 is 0 Å². The van der Waals surface area contributed by atoms with Crippen molar-refractivity contribution < 1.29 is 5.11 Å². The van der Waals surface area contributed by atoms with Crippen molar-refractivity contribution in [1.29, 1.82) is 0 Å². The number of nitrogens with two attached hydrogens (primary N) is 1. The highest BCUT2D eigenvalue weighted by Crippen LogP contribution is 2.26. The maximum Gasteiger partial charge on any atom is 0.0608 e. The lowest BCUT2D eigenvalue weighted by molar-refractivity contribution is 0.161.